The van der Waals surface area contributed by atoms with Gasteiger partial charge in [0.2, 0.25) is 0 Å². The van der Waals surface area contributed by atoms with Gasteiger partial charge in [-0.2, -0.15) is 0 Å². The second-order valence-electron chi connectivity index (χ2n) is 2.93. The minimum atomic E-state index is -0.384. The minimum absolute atomic E-state index is 0.207. The first-order valence-corrected chi connectivity index (χ1v) is 4.80. The molecule has 0 saturated carbocycles. The van der Waals surface area contributed by atoms with Gasteiger partial charge in [0.25, 0.3) is 0 Å². The van der Waals surface area contributed by atoms with Crippen molar-refractivity contribution in [2.75, 3.05) is 26.1 Å². The topological polar surface area (TPSA) is 24.5 Å². The van der Waals surface area contributed by atoms with Crippen molar-refractivity contribution in [2.45, 2.75) is 0 Å². The van der Waals surface area contributed by atoms with E-state index in [2.05, 4.69) is 5.32 Å². The zero-order valence-corrected chi connectivity index (χ0v) is 9.69. The highest BCUT2D eigenvalue weighted by Crippen LogP contribution is 2.23. The molecule has 0 bridgehead atoms. The SMILES string of the molecule is CNC(=S)N(C)c1ccc(F)c(OC)c1. The van der Waals surface area contributed by atoms with Crippen LogP contribution in [0.1, 0.15) is 0 Å². The third-order valence-corrected chi connectivity index (χ3v) is 2.52. The van der Waals surface area contributed by atoms with E-state index in [0.29, 0.717) is 5.11 Å². The van der Waals surface area contributed by atoms with Crippen LogP contribution in [0.2, 0.25) is 0 Å². The highest BCUT2D eigenvalue weighted by molar-refractivity contribution is 7.80. The standard InChI is InChI=1S/C10H13FN2OS/c1-12-10(15)13(2)7-4-5-8(11)9(6-7)14-3/h4-6H,1-3H3,(H,12,15). The molecule has 3 nitrogen and oxygen atoms in total. The van der Waals surface area contributed by atoms with Crippen LogP contribution in [0, 0.1) is 5.82 Å². The molecule has 0 radical (unpaired) electrons. The molecule has 0 heterocycles. The van der Waals surface area contributed by atoms with Crippen LogP contribution >= 0.6 is 12.2 Å². The molecule has 1 N–H and O–H groups in total. The van der Waals surface area contributed by atoms with Crippen LogP contribution in [0.15, 0.2) is 18.2 Å². The van der Waals surface area contributed by atoms with E-state index in [0.717, 1.165) is 5.69 Å². The Morgan fingerprint density at radius 2 is 2.20 bits per heavy atom. The molecular weight excluding hydrogens is 215 g/mol. The van der Waals surface area contributed by atoms with Crippen molar-refractivity contribution in [2.24, 2.45) is 0 Å². The first kappa shape index (κ1) is 11.7. The number of hydrogen-bond donors (Lipinski definition) is 1. The van der Waals surface area contributed by atoms with Crippen molar-refractivity contribution in [1.29, 1.82) is 0 Å². The lowest BCUT2D eigenvalue weighted by atomic mass is 10.2. The van der Waals surface area contributed by atoms with E-state index < -0.39 is 0 Å². The summed E-state index contributed by atoms with van der Waals surface area (Å²) in [4.78, 5) is 1.73. The van der Waals surface area contributed by atoms with E-state index in [-0.39, 0.29) is 11.6 Å². The van der Waals surface area contributed by atoms with E-state index in [1.807, 2.05) is 0 Å². The zero-order chi connectivity index (χ0) is 11.4. The maximum atomic E-state index is 13.1. The van der Waals surface area contributed by atoms with Crippen molar-refractivity contribution >= 4 is 23.0 Å². The fraction of sp³-hybridized carbons (Fsp3) is 0.300. The van der Waals surface area contributed by atoms with Gasteiger partial charge in [-0.25, -0.2) is 4.39 Å². The van der Waals surface area contributed by atoms with Gasteiger partial charge in [0.05, 0.1) is 7.11 Å². The molecule has 0 aromatic heterocycles. The lowest BCUT2D eigenvalue weighted by molar-refractivity contribution is 0.386. The van der Waals surface area contributed by atoms with Gasteiger partial charge in [-0.15, -0.1) is 0 Å². The van der Waals surface area contributed by atoms with Gasteiger partial charge in [0.1, 0.15) is 0 Å². The van der Waals surface area contributed by atoms with Crippen LogP contribution in [0.3, 0.4) is 0 Å². The summed E-state index contributed by atoms with van der Waals surface area (Å²) < 4.78 is 18.0. The van der Waals surface area contributed by atoms with Crippen molar-refractivity contribution in [3.05, 3.63) is 24.0 Å². The molecule has 5 heteroatoms. The molecule has 0 unspecified atom stereocenters. The number of ether oxygens (including phenoxy) is 1. The van der Waals surface area contributed by atoms with Gasteiger partial charge in [-0.3, -0.25) is 0 Å². The van der Waals surface area contributed by atoms with E-state index in [4.69, 9.17) is 17.0 Å². The summed E-state index contributed by atoms with van der Waals surface area (Å²) >= 11 is 5.05. The summed E-state index contributed by atoms with van der Waals surface area (Å²) in [5, 5.41) is 3.40. The highest BCUT2D eigenvalue weighted by atomic mass is 32.1. The molecular formula is C10H13FN2OS. The molecule has 15 heavy (non-hydrogen) atoms. The Morgan fingerprint density at radius 3 is 2.73 bits per heavy atom. The number of anilines is 1. The molecule has 0 spiro atoms. The minimum Gasteiger partial charge on any atom is -0.494 e. The number of halogens is 1. The van der Waals surface area contributed by atoms with Crippen molar-refractivity contribution in [3.8, 4) is 5.75 Å². The van der Waals surface area contributed by atoms with Gasteiger partial charge in [-0.05, 0) is 24.4 Å². The predicted molar refractivity (Wildman–Crippen MR) is 63.0 cm³/mol. The molecule has 1 aromatic carbocycles. The Morgan fingerprint density at radius 1 is 1.53 bits per heavy atom. The molecule has 0 fully saturated rings. The zero-order valence-electron chi connectivity index (χ0n) is 8.87. The Balaban J connectivity index is 3.00. The van der Waals surface area contributed by atoms with Crippen LogP contribution in [-0.2, 0) is 0 Å². The van der Waals surface area contributed by atoms with E-state index >= 15 is 0 Å². The average Bonchev–Trinajstić information content (AvgIpc) is 2.27. The maximum absolute atomic E-state index is 13.1. The second-order valence-corrected chi connectivity index (χ2v) is 3.32. The fourth-order valence-electron chi connectivity index (χ4n) is 1.14. The summed E-state index contributed by atoms with van der Waals surface area (Å²) in [6.45, 7) is 0. The molecule has 0 saturated heterocycles. The quantitative estimate of drug-likeness (QED) is 0.780. The molecule has 82 valence electrons. The first-order chi connectivity index (χ1) is 7.10. The van der Waals surface area contributed by atoms with Gasteiger partial charge in [-0.1, -0.05) is 0 Å². The Hall–Kier alpha value is -1.36. The summed E-state index contributed by atoms with van der Waals surface area (Å²) in [5.41, 5.74) is 0.771. The number of benzene rings is 1. The fourth-order valence-corrected chi connectivity index (χ4v) is 1.25. The first-order valence-electron chi connectivity index (χ1n) is 4.39. The molecule has 0 aliphatic carbocycles. The van der Waals surface area contributed by atoms with Crippen molar-refractivity contribution in [3.63, 3.8) is 0 Å². The van der Waals surface area contributed by atoms with Crippen LogP contribution < -0.4 is 15.0 Å². The van der Waals surface area contributed by atoms with E-state index in [9.17, 15) is 4.39 Å². The molecule has 1 aromatic rings. The number of thiocarbonyl (C=S) groups is 1. The number of methoxy groups -OCH3 is 1. The Labute approximate surface area is 93.8 Å². The molecule has 0 aliphatic heterocycles. The van der Waals surface area contributed by atoms with Crippen LogP contribution in [-0.4, -0.2) is 26.3 Å². The lowest BCUT2D eigenvalue weighted by Gasteiger charge is -2.20. The van der Waals surface area contributed by atoms with Crippen LogP contribution in [0.4, 0.5) is 10.1 Å². The summed E-state index contributed by atoms with van der Waals surface area (Å²) in [6.07, 6.45) is 0. The third-order valence-electron chi connectivity index (χ3n) is 2.04. The summed E-state index contributed by atoms with van der Waals surface area (Å²) in [7, 11) is 4.96. The summed E-state index contributed by atoms with van der Waals surface area (Å²) in [6, 6.07) is 4.59. The maximum Gasteiger partial charge on any atom is 0.172 e. The monoisotopic (exact) mass is 228 g/mol. The Bertz CT molecular complexity index is 370. The number of hydrogen-bond acceptors (Lipinski definition) is 2. The number of nitrogens with one attached hydrogen (secondary N) is 1. The van der Waals surface area contributed by atoms with E-state index in [1.54, 1.807) is 31.1 Å². The largest absolute Gasteiger partial charge is 0.494 e. The normalized spacial score (nSPS) is 9.60. The van der Waals surface area contributed by atoms with Gasteiger partial charge in [0.15, 0.2) is 16.7 Å². The lowest BCUT2D eigenvalue weighted by Crippen LogP contribution is -2.34. The Kier molecular flexibility index (Phi) is 3.85. The summed E-state index contributed by atoms with van der Waals surface area (Å²) in [5.74, 6) is -0.178. The predicted octanol–water partition coefficient (Wildman–Crippen LogP) is 1.77. The molecule has 0 atom stereocenters. The number of rotatable bonds is 2. The van der Waals surface area contributed by atoms with Gasteiger partial charge >= 0.3 is 0 Å². The third kappa shape index (κ3) is 2.56. The van der Waals surface area contributed by atoms with Crippen LogP contribution in [0.5, 0.6) is 5.75 Å². The van der Waals surface area contributed by atoms with Gasteiger partial charge < -0.3 is 15.0 Å². The molecule has 0 amide bonds. The molecule has 1 rings (SSSR count). The highest BCUT2D eigenvalue weighted by Gasteiger charge is 2.09. The number of nitrogens with zero attached hydrogens (tertiary/aromatic N) is 1. The smallest absolute Gasteiger partial charge is 0.172 e. The van der Waals surface area contributed by atoms with Crippen molar-refractivity contribution in [1.82, 2.24) is 5.32 Å². The van der Waals surface area contributed by atoms with Crippen molar-refractivity contribution < 1.29 is 9.13 Å². The van der Waals surface area contributed by atoms with Gasteiger partial charge in [0, 0.05) is 25.8 Å². The van der Waals surface area contributed by atoms with Crippen LogP contribution in [0.25, 0.3) is 0 Å². The molecule has 0 aliphatic rings. The second kappa shape index (κ2) is 4.93. The van der Waals surface area contributed by atoms with E-state index in [1.165, 1.54) is 13.2 Å². The average molecular weight is 228 g/mol.